The zero-order valence-electron chi connectivity index (χ0n) is 17.1. The lowest BCUT2D eigenvalue weighted by molar-refractivity contribution is -0.117. The first-order chi connectivity index (χ1) is 14.1. The van der Waals surface area contributed by atoms with Gasteiger partial charge >= 0.3 is 0 Å². The van der Waals surface area contributed by atoms with Gasteiger partial charge in [-0.1, -0.05) is 6.07 Å². The minimum absolute atomic E-state index is 0.103. The Hall–Kier alpha value is -2.29. The van der Waals surface area contributed by atoms with Crippen LogP contribution in [0.25, 0.3) is 0 Å². The van der Waals surface area contributed by atoms with Crippen LogP contribution in [0.1, 0.15) is 17.7 Å². The molecule has 1 unspecified atom stereocenters. The fraction of sp³-hybridized carbons (Fsp3) is 0.476. The monoisotopic (exact) mass is 420 g/mol. The highest BCUT2D eigenvalue weighted by Crippen LogP contribution is 2.39. The summed E-state index contributed by atoms with van der Waals surface area (Å²) in [5.41, 5.74) is 0.595. The van der Waals surface area contributed by atoms with Gasteiger partial charge in [-0.15, -0.1) is 11.3 Å². The van der Waals surface area contributed by atoms with Crippen LogP contribution < -0.4 is 19.5 Å². The second-order valence-electron chi connectivity index (χ2n) is 6.85. The molecule has 0 radical (unpaired) electrons. The van der Waals surface area contributed by atoms with Crippen LogP contribution >= 0.6 is 11.3 Å². The molecule has 1 aliphatic heterocycles. The highest BCUT2D eigenvalue weighted by Gasteiger charge is 2.22. The maximum Gasteiger partial charge on any atom is 0.238 e. The molecule has 158 valence electrons. The molecule has 0 bridgehead atoms. The lowest BCUT2D eigenvalue weighted by Gasteiger charge is -2.24. The van der Waals surface area contributed by atoms with Gasteiger partial charge in [-0.3, -0.25) is 9.69 Å². The SMILES string of the molecule is COc1cc(NC(=O)CN(Cc2cccs2)CC2CCCO2)cc(OC)c1OC. The lowest BCUT2D eigenvalue weighted by atomic mass is 10.2. The molecule has 7 nitrogen and oxygen atoms in total. The molecular weight excluding hydrogens is 392 g/mol. The molecule has 2 aromatic rings. The van der Waals surface area contributed by atoms with Crippen LogP contribution in [0, 0.1) is 0 Å². The summed E-state index contributed by atoms with van der Waals surface area (Å²) in [6, 6.07) is 7.57. The molecule has 0 saturated carbocycles. The molecule has 2 heterocycles. The Morgan fingerprint density at radius 3 is 2.55 bits per heavy atom. The number of carbonyl (C=O) groups is 1. The third kappa shape index (κ3) is 5.85. The van der Waals surface area contributed by atoms with Crippen molar-refractivity contribution < 1.29 is 23.7 Å². The van der Waals surface area contributed by atoms with Gasteiger partial charge in [0.05, 0.1) is 34.0 Å². The standard InChI is InChI=1S/C21H28N2O5S/c1-25-18-10-15(11-19(26-2)21(18)27-3)22-20(24)14-23(12-16-6-4-8-28-16)13-17-7-5-9-29-17/h5,7,9-11,16H,4,6,8,12-14H2,1-3H3,(H,22,24). The second kappa shape index (κ2) is 10.5. The van der Waals surface area contributed by atoms with Crippen LogP contribution in [-0.2, 0) is 16.1 Å². The first-order valence-corrected chi connectivity index (χ1v) is 10.5. The van der Waals surface area contributed by atoms with Crippen molar-refractivity contribution in [2.45, 2.75) is 25.5 Å². The maximum atomic E-state index is 12.8. The van der Waals surface area contributed by atoms with Crippen molar-refractivity contribution >= 4 is 22.9 Å². The molecule has 1 aliphatic rings. The largest absolute Gasteiger partial charge is 0.493 e. The Kier molecular flexibility index (Phi) is 7.74. The van der Waals surface area contributed by atoms with Crippen LogP contribution in [0.3, 0.4) is 0 Å². The number of carbonyl (C=O) groups excluding carboxylic acids is 1. The van der Waals surface area contributed by atoms with Gasteiger partial charge in [0, 0.05) is 42.4 Å². The first kappa shape index (κ1) is 21.4. The molecule has 1 fully saturated rings. The number of nitrogens with one attached hydrogen (secondary N) is 1. The summed E-state index contributed by atoms with van der Waals surface area (Å²) in [6.45, 7) is 2.53. The first-order valence-electron chi connectivity index (χ1n) is 9.59. The predicted molar refractivity (Wildman–Crippen MR) is 113 cm³/mol. The fourth-order valence-electron chi connectivity index (χ4n) is 3.44. The number of amides is 1. The third-order valence-electron chi connectivity index (χ3n) is 4.76. The zero-order valence-corrected chi connectivity index (χ0v) is 17.9. The van der Waals surface area contributed by atoms with Gasteiger partial charge < -0.3 is 24.3 Å². The molecule has 8 heteroatoms. The van der Waals surface area contributed by atoms with Crippen molar-refractivity contribution in [1.82, 2.24) is 4.90 Å². The minimum Gasteiger partial charge on any atom is -0.493 e. The number of hydrogen-bond acceptors (Lipinski definition) is 7. The molecule has 1 N–H and O–H groups in total. The Balaban J connectivity index is 1.68. The van der Waals surface area contributed by atoms with Gasteiger partial charge in [0.25, 0.3) is 0 Å². The number of hydrogen-bond donors (Lipinski definition) is 1. The summed E-state index contributed by atoms with van der Waals surface area (Å²) in [7, 11) is 4.65. The van der Waals surface area contributed by atoms with Gasteiger partial charge in [0.2, 0.25) is 11.7 Å². The van der Waals surface area contributed by atoms with Crippen molar-refractivity contribution in [1.29, 1.82) is 0 Å². The summed E-state index contributed by atoms with van der Waals surface area (Å²) < 4.78 is 21.8. The van der Waals surface area contributed by atoms with E-state index >= 15 is 0 Å². The van der Waals surface area contributed by atoms with Crippen LogP contribution in [0.2, 0.25) is 0 Å². The summed E-state index contributed by atoms with van der Waals surface area (Å²) in [6.07, 6.45) is 2.30. The number of thiophene rings is 1. The Morgan fingerprint density at radius 1 is 1.24 bits per heavy atom. The van der Waals surface area contributed by atoms with Crippen LogP contribution in [0.15, 0.2) is 29.6 Å². The third-order valence-corrected chi connectivity index (χ3v) is 5.62. The van der Waals surface area contributed by atoms with E-state index in [0.717, 1.165) is 32.5 Å². The van der Waals surface area contributed by atoms with E-state index < -0.39 is 0 Å². The Labute approximate surface area is 175 Å². The Morgan fingerprint density at radius 2 is 2.00 bits per heavy atom. The van der Waals surface area contributed by atoms with Crippen molar-refractivity contribution in [3.05, 3.63) is 34.5 Å². The molecule has 0 aliphatic carbocycles. The van der Waals surface area contributed by atoms with Crippen molar-refractivity contribution in [3.63, 3.8) is 0 Å². The molecule has 1 atom stereocenters. The van der Waals surface area contributed by atoms with Crippen molar-refractivity contribution in [3.8, 4) is 17.2 Å². The van der Waals surface area contributed by atoms with Crippen LogP contribution in [0.4, 0.5) is 5.69 Å². The number of nitrogens with zero attached hydrogens (tertiary/aromatic N) is 1. The summed E-state index contributed by atoms with van der Waals surface area (Å²) in [5, 5.41) is 5.00. The van der Waals surface area contributed by atoms with E-state index in [9.17, 15) is 4.79 Å². The summed E-state index contributed by atoms with van der Waals surface area (Å²) in [4.78, 5) is 16.1. The van der Waals surface area contributed by atoms with E-state index in [0.29, 0.717) is 22.9 Å². The predicted octanol–water partition coefficient (Wildman–Crippen LogP) is 3.39. The van der Waals surface area contributed by atoms with E-state index in [-0.39, 0.29) is 18.6 Å². The molecule has 29 heavy (non-hydrogen) atoms. The van der Waals surface area contributed by atoms with Gasteiger partial charge in [-0.2, -0.15) is 0 Å². The van der Waals surface area contributed by atoms with E-state index in [1.807, 2.05) is 6.07 Å². The molecule has 3 rings (SSSR count). The fourth-order valence-corrected chi connectivity index (χ4v) is 4.19. The van der Waals surface area contributed by atoms with Gasteiger partial charge in [-0.25, -0.2) is 0 Å². The zero-order chi connectivity index (χ0) is 20.6. The molecule has 1 aromatic heterocycles. The van der Waals surface area contributed by atoms with E-state index in [2.05, 4.69) is 21.7 Å². The molecule has 1 aromatic carbocycles. The highest BCUT2D eigenvalue weighted by molar-refractivity contribution is 7.09. The van der Waals surface area contributed by atoms with Gasteiger partial charge in [-0.05, 0) is 24.3 Å². The summed E-state index contributed by atoms with van der Waals surface area (Å²) >= 11 is 1.69. The topological polar surface area (TPSA) is 69.3 Å². The number of methoxy groups -OCH3 is 3. The average molecular weight is 421 g/mol. The highest BCUT2D eigenvalue weighted by atomic mass is 32.1. The van der Waals surface area contributed by atoms with Crippen molar-refractivity contribution in [2.24, 2.45) is 0 Å². The van der Waals surface area contributed by atoms with E-state index in [1.165, 1.54) is 4.88 Å². The minimum atomic E-state index is -0.103. The average Bonchev–Trinajstić information content (AvgIpc) is 3.41. The smallest absolute Gasteiger partial charge is 0.238 e. The molecular formula is C21H28N2O5S. The van der Waals surface area contributed by atoms with E-state index in [4.69, 9.17) is 18.9 Å². The number of rotatable bonds is 10. The summed E-state index contributed by atoms with van der Waals surface area (Å²) in [5.74, 6) is 1.38. The molecule has 0 spiro atoms. The Bertz CT molecular complexity index is 765. The number of anilines is 1. The van der Waals surface area contributed by atoms with Gasteiger partial charge in [0.1, 0.15) is 0 Å². The number of benzene rings is 1. The number of ether oxygens (including phenoxy) is 4. The molecule has 1 saturated heterocycles. The maximum absolute atomic E-state index is 12.8. The normalized spacial score (nSPS) is 16.1. The quantitative estimate of drug-likeness (QED) is 0.635. The second-order valence-corrected chi connectivity index (χ2v) is 7.88. The lowest BCUT2D eigenvalue weighted by Crippen LogP contribution is -2.37. The molecule has 1 amide bonds. The van der Waals surface area contributed by atoms with Crippen LogP contribution in [-0.4, -0.2) is 57.9 Å². The van der Waals surface area contributed by atoms with Crippen molar-refractivity contribution in [2.75, 3.05) is 46.3 Å². The van der Waals surface area contributed by atoms with Crippen LogP contribution in [0.5, 0.6) is 17.2 Å². The van der Waals surface area contributed by atoms with Gasteiger partial charge in [0.15, 0.2) is 11.5 Å². The van der Waals surface area contributed by atoms with E-state index in [1.54, 1.807) is 44.8 Å².